The average molecular weight is 477 g/mol. The Kier molecular flexibility index (Phi) is 8.01. The minimum absolute atomic E-state index is 0.145. The van der Waals surface area contributed by atoms with Gasteiger partial charge in [-0.05, 0) is 49.2 Å². The molecule has 0 saturated heterocycles. The van der Waals surface area contributed by atoms with E-state index in [1.165, 1.54) is 11.8 Å². The van der Waals surface area contributed by atoms with Crippen molar-refractivity contribution in [2.24, 2.45) is 0 Å². The molecule has 0 fully saturated rings. The van der Waals surface area contributed by atoms with Crippen molar-refractivity contribution in [1.29, 1.82) is 0 Å². The summed E-state index contributed by atoms with van der Waals surface area (Å²) in [5.41, 5.74) is 2.75. The molecule has 1 heterocycles. The van der Waals surface area contributed by atoms with Crippen molar-refractivity contribution < 1.29 is 9.53 Å². The van der Waals surface area contributed by atoms with Gasteiger partial charge in [0.15, 0.2) is 11.0 Å². The standard InChI is InChI=1S/C22H22Cl2N4O2S/c1-4-10-28-20(12-30-19-7-5-6-14(2)15(19)3)26-27-22(28)31-13-21(29)25-18-9-8-16(23)11-17(18)24/h4-9,11H,1,10,12-13H2,2-3H3,(H,25,29). The molecule has 162 valence electrons. The highest BCUT2D eigenvalue weighted by Gasteiger charge is 2.15. The molecule has 3 aromatic rings. The average Bonchev–Trinajstić information content (AvgIpc) is 3.11. The van der Waals surface area contributed by atoms with Gasteiger partial charge in [0.2, 0.25) is 5.91 Å². The summed E-state index contributed by atoms with van der Waals surface area (Å²) in [5.74, 6) is 1.40. The first-order valence-corrected chi connectivity index (χ1v) is 11.2. The van der Waals surface area contributed by atoms with Crippen molar-refractivity contribution in [1.82, 2.24) is 14.8 Å². The molecule has 1 amide bonds. The Morgan fingerprint density at radius 1 is 1.26 bits per heavy atom. The molecular formula is C22H22Cl2N4O2S. The molecule has 0 bridgehead atoms. The molecule has 0 atom stereocenters. The summed E-state index contributed by atoms with van der Waals surface area (Å²) in [5, 5.41) is 12.7. The number of aromatic nitrogens is 3. The minimum Gasteiger partial charge on any atom is -0.485 e. The molecule has 0 spiro atoms. The number of allylic oxidation sites excluding steroid dienone is 1. The maximum atomic E-state index is 12.4. The summed E-state index contributed by atoms with van der Waals surface area (Å²) in [4.78, 5) is 12.4. The van der Waals surface area contributed by atoms with Gasteiger partial charge in [-0.3, -0.25) is 9.36 Å². The third-order valence-corrected chi connectivity index (χ3v) is 6.07. The Bertz CT molecular complexity index is 1100. The number of amides is 1. The van der Waals surface area contributed by atoms with Gasteiger partial charge in [0.1, 0.15) is 12.4 Å². The van der Waals surface area contributed by atoms with E-state index in [1.54, 1.807) is 24.3 Å². The lowest BCUT2D eigenvalue weighted by Crippen LogP contribution is -2.15. The van der Waals surface area contributed by atoms with Crippen molar-refractivity contribution in [3.05, 3.63) is 76.0 Å². The minimum atomic E-state index is -0.212. The first-order chi connectivity index (χ1) is 14.9. The van der Waals surface area contributed by atoms with Gasteiger partial charge < -0.3 is 10.1 Å². The number of benzene rings is 2. The predicted molar refractivity (Wildman–Crippen MR) is 126 cm³/mol. The highest BCUT2D eigenvalue weighted by Crippen LogP contribution is 2.26. The van der Waals surface area contributed by atoms with Crippen molar-refractivity contribution in [2.45, 2.75) is 32.2 Å². The van der Waals surface area contributed by atoms with E-state index in [0.29, 0.717) is 33.3 Å². The highest BCUT2D eigenvalue weighted by molar-refractivity contribution is 7.99. The van der Waals surface area contributed by atoms with Crippen molar-refractivity contribution >= 4 is 46.6 Å². The Morgan fingerprint density at radius 3 is 2.81 bits per heavy atom. The van der Waals surface area contributed by atoms with E-state index >= 15 is 0 Å². The number of ether oxygens (including phenoxy) is 1. The molecule has 3 rings (SSSR count). The molecule has 6 nitrogen and oxygen atoms in total. The number of nitrogens with one attached hydrogen (secondary N) is 1. The van der Waals surface area contributed by atoms with Gasteiger partial charge in [0, 0.05) is 11.6 Å². The number of carbonyl (C=O) groups is 1. The third-order valence-electron chi connectivity index (χ3n) is 4.55. The lowest BCUT2D eigenvalue weighted by molar-refractivity contribution is -0.113. The summed E-state index contributed by atoms with van der Waals surface area (Å²) >= 11 is 13.3. The van der Waals surface area contributed by atoms with Crippen molar-refractivity contribution in [2.75, 3.05) is 11.1 Å². The molecule has 0 aliphatic carbocycles. The number of aryl methyl sites for hydroxylation is 1. The van der Waals surface area contributed by atoms with E-state index in [2.05, 4.69) is 22.1 Å². The zero-order valence-corrected chi connectivity index (χ0v) is 19.5. The smallest absolute Gasteiger partial charge is 0.234 e. The number of nitrogens with zero attached hydrogens (tertiary/aromatic N) is 3. The molecule has 0 unspecified atom stereocenters. The monoisotopic (exact) mass is 476 g/mol. The van der Waals surface area contributed by atoms with Crippen LogP contribution in [0.3, 0.4) is 0 Å². The first kappa shape index (κ1) is 23.2. The lowest BCUT2D eigenvalue weighted by atomic mass is 10.1. The molecule has 31 heavy (non-hydrogen) atoms. The van der Waals surface area contributed by atoms with Crippen LogP contribution in [-0.2, 0) is 17.9 Å². The van der Waals surface area contributed by atoms with Crippen LogP contribution in [0.25, 0.3) is 0 Å². The maximum absolute atomic E-state index is 12.4. The van der Waals surface area contributed by atoms with Gasteiger partial charge in [0.25, 0.3) is 0 Å². The zero-order valence-electron chi connectivity index (χ0n) is 17.2. The topological polar surface area (TPSA) is 69.0 Å². The lowest BCUT2D eigenvalue weighted by Gasteiger charge is -2.12. The van der Waals surface area contributed by atoms with Crippen molar-refractivity contribution in [3.8, 4) is 5.75 Å². The summed E-state index contributed by atoms with van der Waals surface area (Å²) in [6.07, 6.45) is 1.75. The SMILES string of the molecule is C=CCn1c(COc2cccc(C)c2C)nnc1SCC(=O)Nc1ccc(Cl)cc1Cl. The van der Waals surface area contributed by atoms with Crippen LogP contribution in [0.2, 0.25) is 10.0 Å². The third kappa shape index (κ3) is 6.03. The number of thioether (sulfide) groups is 1. The summed E-state index contributed by atoms with van der Waals surface area (Å²) in [7, 11) is 0. The summed E-state index contributed by atoms with van der Waals surface area (Å²) in [6, 6.07) is 10.8. The largest absolute Gasteiger partial charge is 0.485 e. The van der Waals surface area contributed by atoms with Crippen LogP contribution in [0.15, 0.2) is 54.2 Å². The zero-order chi connectivity index (χ0) is 22.4. The number of hydrogen-bond donors (Lipinski definition) is 1. The Balaban J connectivity index is 1.64. The predicted octanol–water partition coefficient (Wildman–Crippen LogP) is 5.70. The summed E-state index contributed by atoms with van der Waals surface area (Å²) < 4.78 is 7.84. The maximum Gasteiger partial charge on any atom is 0.234 e. The second-order valence-corrected chi connectivity index (χ2v) is 8.53. The quantitative estimate of drug-likeness (QED) is 0.316. The second kappa shape index (κ2) is 10.7. The number of halogens is 2. The Hall–Kier alpha value is -2.48. The molecule has 1 aromatic heterocycles. The van der Waals surface area contributed by atoms with E-state index in [0.717, 1.165) is 16.9 Å². The van der Waals surface area contributed by atoms with E-state index in [9.17, 15) is 4.79 Å². The van der Waals surface area contributed by atoms with Gasteiger partial charge in [-0.25, -0.2) is 0 Å². The molecule has 0 aliphatic heterocycles. The van der Waals surface area contributed by atoms with Crippen LogP contribution in [-0.4, -0.2) is 26.4 Å². The van der Waals surface area contributed by atoms with E-state index in [1.807, 2.05) is 36.6 Å². The van der Waals surface area contributed by atoms with E-state index in [4.69, 9.17) is 27.9 Å². The number of carbonyl (C=O) groups excluding carboxylic acids is 1. The molecule has 0 radical (unpaired) electrons. The molecule has 1 N–H and O–H groups in total. The van der Waals surface area contributed by atoms with Crippen LogP contribution in [0.1, 0.15) is 17.0 Å². The van der Waals surface area contributed by atoms with Gasteiger partial charge in [-0.15, -0.1) is 16.8 Å². The Morgan fingerprint density at radius 2 is 2.06 bits per heavy atom. The van der Waals surface area contributed by atoms with Gasteiger partial charge in [-0.2, -0.15) is 0 Å². The molecule has 2 aromatic carbocycles. The van der Waals surface area contributed by atoms with E-state index < -0.39 is 0 Å². The Labute approximate surface area is 195 Å². The highest BCUT2D eigenvalue weighted by atomic mass is 35.5. The number of rotatable bonds is 9. The van der Waals surface area contributed by atoms with Crippen LogP contribution < -0.4 is 10.1 Å². The fourth-order valence-electron chi connectivity index (χ4n) is 2.78. The number of anilines is 1. The first-order valence-electron chi connectivity index (χ1n) is 9.48. The number of hydrogen-bond acceptors (Lipinski definition) is 5. The van der Waals surface area contributed by atoms with Crippen LogP contribution >= 0.6 is 35.0 Å². The molecule has 9 heteroatoms. The van der Waals surface area contributed by atoms with Crippen molar-refractivity contribution in [3.63, 3.8) is 0 Å². The fourth-order valence-corrected chi connectivity index (χ4v) is 4.00. The van der Waals surface area contributed by atoms with Crippen LogP contribution in [0.5, 0.6) is 5.75 Å². The molecule has 0 saturated carbocycles. The molecule has 0 aliphatic rings. The van der Waals surface area contributed by atoms with Gasteiger partial charge in [-0.1, -0.05) is 53.2 Å². The van der Waals surface area contributed by atoms with Gasteiger partial charge >= 0.3 is 0 Å². The van der Waals surface area contributed by atoms with E-state index in [-0.39, 0.29) is 18.3 Å². The van der Waals surface area contributed by atoms with Crippen LogP contribution in [0, 0.1) is 13.8 Å². The normalized spacial score (nSPS) is 10.7. The summed E-state index contributed by atoms with van der Waals surface area (Å²) in [6.45, 7) is 8.63. The second-order valence-electron chi connectivity index (χ2n) is 6.75. The van der Waals surface area contributed by atoms with Crippen LogP contribution in [0.4, 0.5) is 5.69 Å². The molecular weight excluding hydrogens is 455 g/mol. The fraction of sp³-hybridized carbons (Fsp3) is 0.227. The van der Waals surface area contributed by atoms with Gasteiger partial charge in [0.05, 0.1) is 16.5 Å².